The molecule has 6 heteroatoms. The van der Waals surface area contributed by atoms with E-state index in [2.05, 4.69) is 15.3 Å². The lowest BCUT2D eigenvalue weighted by Crippen LogP contribution is -2.58. The molecule has 4 heterocycles. The van der Waals surface area contributed by atoms with Gasteiger partial charge >= 0.3 is 0 Å². The maximum absolute atomic E-state index is 6.03. The van der Waals surface area contributed by atoms with Crippen LogP contribution in [-0.2, 0) is 10.3 Å². The van der Waals surface area contributed by atoms with E-state index < -0.39 is 5.60 Å². The maximum Gasteiger partial charge on any atom is 0.180 e. The van der Waals surface area contributed by atoms with Gasteiger partial charge in [0.25, 0.3) is 0 Å². The average molecular weight is 256 g/mol. The van der Waals surface area contributed by atoms with E-state index in [-0.39, 0.29) is 0 Å². The van der Waals surface area contributed by atoms with Crippen molar-refractivity contribution in [3.8, 4) is 5.75 Å². The monoisotopic (exact) mass is 255 g/mol. The zero-order chi connectivity index (χ0) is 11.9. The molecule has 2 atom stereocenters. The molecule has 2 bridgehead atoms. The molecule has 3 aliphatic rings. The molecule has 0 aliphatic carbocycles. The molecule has 3 saturated heterocycles. The molecule has 0 aromatic carbocycles. The normalized spacial score (nSPS) is 31.5. The minimum Gasteiger partial charge on any atom is -0.492 e. The largest absolute Gasteiger partial charge is 0.492 e. The summed E-state index contributed by atoms with van der Waals surface area (Å²) in [6.07, 6.45) is 3.48. The van der Waals surface area contributed by atoms with Crippen molar-refractivity contribution in [3.63, 3.8) is 0 Å². The summed E-state index contributed by atoms with van der Waals surface area (Å²) in [6.45, 7) is 1.46. The number of piperidine rings is 1. The van der Waals surface area contributed by atoms with Gasteiger partial charge in [0.1, 0.15) is 17.6 Å². The number of hydrogen-bond acceptors (Lipinski definition) is 5. The van der Waals surface area contributed by atoms with Crippen molar-refractivity contribution in [1.29, 1.82) is 0 Å². The molecule has 0 amide bonds. The summed E-state index contributed by atoms with van der Waals surface area (Å²) in [5.74, 6) is 0.524. The molecular weight excluding hydrogens is 242 g/mol. The van der Waals surface area contributed by atoms with Crippen LogP contribution in [0.3, 0.4) is 0 Å². The average Bonchev–Trinajstić information content (AvgIpc) is 2.40. The zero-order valence-electron chi connectivity index (χ0n) is 9.57. The Morgan fingerprint density at radius 2 is 2.47 bits per heavy atom. The highest BCUT2D eigenvalue weighted by molar-refractivity contribution is 6.30. The van der Waals surface area contributed by atoms with Crippen LogP contribution in [0.4, 0.5) is 0 Å². The van der Waals surface area contributed by atoms with Gasteiger partial charge in [-0.2, -0.15) is 0 Å². The van der Waals surface area contributed by atoms with Gasteiger partial charge in [-0.3, -0.25) is 0 Å². The van der Waals surface area contributed by atoms with E-state index in [0.29, 0.717) is 23.6 Å². The van der Waals surface area contributed by atoms with E-state index in [1.165, 1.54) is 6.33 Å². The van der Waals surface area contributed by atoms with Gasteiger partial charge in [-0.15, -0.1) is 0 Å². The third kappa shape index (κ3) is 1.69. The Labute approximate surface area is 104 Å². The highest BCUT2D eigenvalue weighted by Gasteiger charge is 2.46. The zero-order valence-corrected chi connectivity index (χ0v) is 10.3. The number of aromatic nitrogens is 2. The lowest BCUT2D eigenvalue weighted by Gasteiger charge is -2.46. The smallest absolute Gasteiger partial charge is 0.180 e. The van der Waals surface area contributed by atoms with E-state index >= 15 is 0 Å². The number of ether oxygens (including phenoxy) is 2. The number of rotatable bonds is 2. The van der Waals surface area contributed by atoms with Gasteiger partial charge < -0.3 is 14.8 Å². The number of methoxy groups -OCH3 is 1. The fourth-order valence-corrected chi connectivity index (χ4v) is 2.77. The van der Waals surface area contributed by atoms with Crippen molar-refractivity contribution in [3.05, 3.63) is 17.2 Å². The number of nitrogens with zero attached hydrogens (tertiary/aromatic N) is 2. The fourth-order valence-electron chi connectivity index (χ4n) is 2.56. The predicted octanol–water partition coefficient (Wildman–Crippen LogP) is 1.12. The highest BCUT2D eigenvalue weighted by atomic mass is 35.5. The summed E-state index contributed by atoms with van der Waals surface area (Å²) in [5, 5.41) is 3.78. The van der Waals surface area contributed by atoms with Crippen LogP contribution in [0, 0.1) is 0 Å². The number of hydrogen-bond donors (Lipinski definition) is 1. The number of nitrogens with one attached hydrogen (secondary N) is 1. The Morgan fingerprint density at radius 1 is 1.59 bits per heavy atom. The summed E-state index contributed by atoms with van der Waals surface area (Å²) in [6, 6.07) is 0.472. The van der Waals surface area contributed by atoms with E-state index in [1.54, 1.807) is 7.11 Å². The van der Waals surface area contributed by atoms with Crippen LogP contribution < -0.4 is 10.1 Å². The number of halogens is 1. The summed E-state index contributed by atoms with van der Waals surface area (Å²) >= 11 is 6.03. The molecule has 3 aliphatic heterocycles. The second-order valence-corrected chi connectivity index (χ2v) is 4.83. The van der Waals surface area contributed by atoms with Crippen LogP contribution in [0.15, 0.2) is 6.33 Å². The van der Waals surface area contributed by atoms with Crippen LogP contribution in [0.5, 0.6) is 5.75 Å². The molecule has 3 fully saturated rings. The summed E-state index contributed by atoms with van der Waals surface area (Å²) in [7, 11) is 1.58. The Kier molecular flexibility index (Phi) is 2.69. The SMILES string of the molecule is COc1c(Cl)ncnc1C12CCC(CO1)NC2. The van der Waals surface area contributed by atoms with E-state index in [4.69, 9.17) is 21.1 Å². The third-order valence-electron chi connectivity index (χ3n) is 3.53. The van der Waals surface area contributed by atoms with Gasteiger partial charge in [0, 0.05) is 12.6 Å². The maximum atomic E-state index is 6.03. The Balaban J connectivity index is 2.05. The molecular formula is C11H14ClN3O2. The van der Waals surface area contributed by atoms with E-state index in [0.717, 1.165) is 25.1 Å². The molecule has 0 spiro atoms. The van der Waals surface area contributed by atoms with Gasteiger partial charge in [-0.1, -0.05) is 11.6 Å². The molecule has 1 aromatic rings. The van der Waals surface area contributed by atoms with E-state index in [1.807, 2.05) is 0 Å². The van der Waals surface area contributed by atoms with E-state index in [9.17, 15) is 0 Å². The number of morpholine rings is 1. The first-order valence-electron chi connectivity index (χ1n) is 5.67. The Bertz CT molecular complexity index is 419. The van der Waals surface area contributed by atoms with Crippen molar-refractivity contribution >= 4 is 11.6 Å². The minimum atomic E-state index is -0.410. The minimum absolute atomic E-state index is 0.336. The van der Waals surface area contributed by atoms with Crippen LogP contribution >= 0.6 is 11.6 Å². The molecule has 17 heavy (non-hydrogen) atoms. The van der Waals surface area contributed by atoms with Crippen LogP contribution in [0.1, 0.15) is 18.5 Å². The summed E-state index contributed by atoms with van der Waals surface area (Å²) in [4.78, 5) is 8.25. The lowest BCUT2D eigenvalue weighted by molar-refractivity contribution is -0.132. The standard InChI is InChI=1S/C11H14ClN3O2/c1-16-8-9(14-6-15-10(8)12)11-3-2-7(4-17-11)13-5-11/h6-7,13H,2-5H2,1H3. The molecule has 0 radical (unpaired) electrons. The number of fused-ring (bicyclic) bond motifs is 3. The first kappa shape index (κ1) is 11.2. The van der Waals surface area contributed by atoms with Crippen molar-refractivity contribution in [2.75, 3.05) is 20.3 Å². The van der Waals surface area contributed by atoms with Crippen molar-refractivity contribution in [2.45, 2.75) is 24.5 Å². The van der Waals surface area contributed by atoms with Gasteiger partial charge in [0.2, 0.25) is 0 Å². The van der Waals surface area contributed by atoms with Crippen molar-refractivity contribution < 1.29 is 9.47 Å². The first-order valence-corrected chi connectivity index (χ1v) is 6.05. The van der Waals surface area contributed by atoms with Crippen LogP contribution in [0.2, 0.25) is 5.15 Å². The topological polar surface area (TPSA) is 56.3 Å². The molecule has 4 rings (SSSR count). The van der Waals surface area contributed by atoms with Gasteiger partial charge in [0.05, 0.1) is 13.7 Å². The van der Waals surface area contributed by atoms with Crippen LogP contribution in [0.25, 0.3) is 0 Å². The highest BCUT2D eigenvalue weighted by Crippen LogP contribution is 2.42. The first-order chi connectivity index (χ1) is 8.25. The van der Waals surface area contributed by atoms with Crippen molar-refractivity contribution in [2.24, 2.45) is 0 Å². The van der Waals surface area contributed by atoms with Gasteiger partial charge in [0.15, 0.2) is 10.9 Å². The van der Waals surface area contributed by atoms with Gasteiger partial charge in [-0.05, 0) is 12.8 Å². The summed E-state index contributed by atoms with van der Waals surface area (Å²) < 4.78 is 11.3. The molecule has 0 saturated carbocycles. The molecule has 1 aromatic heterocycles. The van der Waals surface area contributed by atoms with Gasteiger partial charge in [-0.25, -0.2) is 9.97 Å². The quantitative estimate of drug-likeness (QED) is 0.803. The second-order valence-electron chi connectivity index (χ2n) is 4.47. The predicted molar refractivity (Wildman–Crippen MR) is 62.2 cm³/mol. The molecule has 92 valence electrons. The second kappa shape index (κ2) is 4.08. The molecule has 2 unspecified atom stereocenters. The Hall–Kier alpha value is -0.910. The fraction of sp³-hybridized carbons (Fsp3) is 0.636. The molecule has 1 N–H and O–H groups in total. The summed E-state index contributed by atoms with van der Waals surface area (Å²) in [5.41, 5.74) is 0.345. The molecule has 5 nitrogen and oxygen atoms in total. The lowest BCUT2D eigenvalue weighted by atomic mass is 9.84. The third-order valence-corrected chi connectivity index (χ3v) is 3.80. The Morgan fingerprint density at radius 3 is 3.06 bits per heavy atom. The van der Waals surface area contributed by atoms with Crippen LogP contribution in [-0.4, -0.2) is 36.3 Å². The van der Waals surface area contributed by atoms with Crippen molar-refractivity contribution in [1.82, 2.24) is 15.3 Å².